The van der Waals surface area contributed by atoms with Crippen molar-refractivity contribution in [3.05, 3.63) is 36.0 Å². The highest BCUT2D eigenvalue weighted by atomic mass is 16.3. The Bertz CT molecular complexity index is 468. The van der Waals surface area contributed by atoms with Crippen LogP contribution in [-0.4, -0.2) is 15.7 Å². The Labute approximate surface area is 82.6 Å². The van der Waals surface area contributed by atoms with Gasteiger partial charge in [0.25, 0.3) is 0 Å². The summed E-state index contributed by atoms with van der Waals surface area (Å²) in [7, 11) is 0. The molecule has 2 heteroatoms. The molecule has 0 amide bonds. The molecular weight excluding hydrogens is 174 g/mol. The van der Waals surface area contributed by atoms with Crippen molar-refractivity contribution in [2.75, 3.05) is 0 Å². The minimum absolute atomic E-state index is 0.385. The summed E-state index contributed by atoms with van der Waals surface area (Å²) >= 11 is 0. The van der Waals surface area contributed by atoms with E-state index in [0.29, 0.717) is 0 Å². The predicted octanol–water partition coefficient (Wildman–Crippen LogP) is 2.24. The van der Waals surface area contributed by atoms with Gasteiger partial charge in [0, 0.05) is 18.1 Å². The van der Waals surface area contributed by atoms with Crippen LogP contribution in [0, 0.1) is 0 Å². The number of fused-ring (bicyclic) bond motifs is 1. The normalized spacial score (nSPS) is 18.6. The van der Waals surface area contributed by atoms with E-state index in [1.165, 1.54) is 10.9 Å². The highest BCUT2D eigenvalue weighted by Crippen LogP contribution is 2.38. The number of aliphatic hydroxyl groups is 1. The molecule has 3 rings (SSSR count). The highest BCUT2D eigenvalue weighted by molar-refractivity contribution is 5.79. The van der Waals surface area contributed by atoms with Crippen LogP contribution in [-0.2, 0) is 6.42 Å². The molecule has 2 N–H and O–H groups in total. The van der Waals surface area contributed by atoms with Gasteiger partial charge >= 0.3 is 0 Å². The minimum Gasteiger partial charge on any atom is -0.390 e. The lowest BCUT2D eigenvalue weighted by molar-refractivity contribution is 0.151. The highest BCUT2D eigenvalue weighted by Gasteiger charge is 2.39. The number of nitrogens with one attached hydrogen (secondary N) is 1. The van der Waals surface area contributed by atoms with Crippen LogP contribution in [0.5, 0.6) is 0 Å². The number of rotatable bonds is 2. The fourth-order valence-electron chi connectivity index (χ4n) is 1.91. The Morgan fingerprint density at radius 1 is 1.29 bits per heavy atom. The van der Waals surface area contributed by atoms with Crippen LogP contribution in [0.2, 0.25) is 0 Å². The van der Waals surface area contributed by atoms with Gasteiger partial charge in [-0.2, -0.15) is 0 Å². The summed E-state index contributed by atoms with van der Waals surface area (Å²) in [6.45, 7) is 0. The molecule has 0 bridgehead atoms. The van der Waals surface area contributed by atoms with Crippen LogP contribution in [0.15, 0.2) is 30.5 Å². The zero-order valence-corrected chi connectivity index (χ0v) is 7.96. The number of aromatic amines is 1. The molecule has 0 aliphatic heterocycles. The quantitative estimate of drug-likeness (QED) is 0.743. The van der Waals surface area contributed by atoms with Gasteiger partial charge in [0.2, 0.25) is 0 Å². The van der Waals surface area contributed by atoms with Crippen molar-refractivity contribution in [2.24, 2.45) is 0 Å². The first-order valence-electron chi connectivity index (χ1n) is 5.04. The fourth-order valence-corrected chi connectivity index (χ4v) is 1.91. The summed E-state index contributed by atoms with van der Waals surface area (Å²) in [5.41, 5.74) is 2.01. The molecule has 2 aromatic rings. The van der Waals surface area contributed by atoms with Gasteiger partial charge in [0.1, 0.15) is 0 Å². The van der Waals surface area contributed by atoms with Crippen molar-refractivity contribution in [2.45, 2.75) is 24.9 Å². The minimum atomic E-state index is -0.385. The van der Waals surface area contributed by atoms with Gasteiger partial charge in [-0.15, -0.1) is 0 Å². The average Bonchev–Trinajstić information content (AvgIpc) is 2.73. The van der Waals surface area contributed by atoms with E-state index in [9.17, 15) is 5.11 Å². The summed E-state index contributed by atoms with van der Waals surface area (Å²) in [6, 6.07) is 8.39. The number of hydrogen-bond acceptors (Lipinski definition) is 1. The summed E-state index contributed by atoms with van der Waals surface area (Å²) < 4.78 is 0. The smallest absolute Gasteiger partial charge is 0.0690 e. The lowest BCUT2D eigenvalue weighted by Crippen LogP contribution is -2.10. The van der Waals surface area contributed by atoms with Crippen molar-refractivity contribution >= 4 is 10.9 Å². The molecule has 0 saturated heterocycles. The zero-order chi connectivity index (χ0) is 9.60. The van der Waals surface area contributed by atoms with Crippen molar-refractivity contribution in [3.63, 3.8) is 0 Å². The maximum Gasteiger partial charge on any atom is 0.0690 e. The molecule has 0 radical (unpaired) electrons. The third kappa shape index (κ3) is 1.32. The molecule has 14 heavy (non-hydrogen) atoms. The van der Waals surface area contributed by atoms with Crippen LogP contribution in [0.4, 0.5) is 0 Å². The van der Waals surface area contributed by atoms with E-state index in [1.54, 1.807) is 0 Å². The van der Waals surface area contributed by atoms with E-state index in [4.69, 9.17) is 0 Å². The fraction of sp³-hybridized carbons (Fsp3) is 0.333. The van der Waals surface area contributed by atoms with Crippen molar-refractivity contribution in [1.29, 1.82) is 0 Å². The number of H-pyrrole nitrogens is 1. The number of aromatic nitrogens is 1. The van der Waals surface area contributed by atoms with Crippen LogP contribution in [0.1, 0.15) is 18.4 Å². The number of hydrogen-bond donors (Lipinski definition) is 2. The van der Waals surface area contributed by atoms with Gasteiger partial charge in [-0.25, -0.2) is 0 Å². The van der Waals surface area contributed by atoms with Crippen LogP contribution in [0.25, 0.3) is 10.9 Å². The first kappa shape index (κ1) is 8.06. The lowest BCUT2D eigenvalue weighted by atomic mass is 10.1. The average molecular weight is 187 g/mol. The Morgan fingerprint density at radius 2 is 2.14 bits per heavy atom. The Kier molecular flexibility index (Phi) is 1.50. The molecule has 1 heterocycles. The second kappa shape index (κ2) is 2.61. The third-order valence-corrected chi connectivity index (χ3v) is 2.98. The van der Waals surface area contributed by atoms with Gasteiger partial charge in [-0.05, 0) is 42.0 Å². The molecule has 1 aromatic carbocycles. The largest absolute Gasteiger partial charge is 0.390 e. The monoisotopic (exact) mass is 187 g/mol. The molecule has 1 aliphatic carbocycles. The topological polar surface area (TPSA) is 36.0 Å². The number of benzene rings is 1. The second-order valence-electron chi connectivity index (χ2n) is 4.30. The standard InChI is InChI=1S/C12H13NO/c14-12(4-5-12)8-9-1-2-11-10(7-9)3-6-13-11/h1-3,6-7,13-14H,4-5,8H2. The molecule has 0 spiro atoms. The third-order valence-electron chi connectivity index (χ3n) is 2.98. The molecule has 72 valence electrons. The molecular formula is C12H13NO. The molecule has 2 nitrogen and oxygen atoms in total. The van der Waals surface area contributed by atoms with Crippen molar-refractivity contribution in [1.82, 2.24) is 4.98 Å². The van der Waals surface area contributed by atoms with Gasteiger partial charge in [0.05, 0.1) is 5.60 Å². The maximum absolute atomic E-state index is 9.80. The Balaban J connectivity index is 1.97. The molecule has 0 unspecified atom stereocenters. The molecule has 1 aliphatic rings. The van der Waals surface area contributed by atoms with E-state index in [1.807, 2.05) is 6.20 Å². The first-order chi connectivity index (χ1) is 6.75. The summed E-state index contributed by atoms with van der Waals surface area (Å²) in [5.74, 6) is 0. The van der Waals surface area contributed by atoms with E-state index in [-0.39, 0.29) is 5.60 Å². The van der Waals surface area contributed by atoms with Gasteiger partial charge < -0.3 is 10.1 Å². The predicted molar refractivity (Wildman–Crippen MR) is 56.2 cm³/mol. The summed E-state index contributed by atoms with van der Waals surface area (Å²) in [5, 5.41) is 11.0. The van der Waals surface area contributed by atoms with Crippen LogP contribution < -0.4 is 0 Å². The second-order valence-corrected chi connectivity index (χ2v) is 4.30. The Morgan fingerprint density at radius 3 is 2.93 bits per heavy atom. The van der Waals surface area contributed by atoms with Crippen LogP contribution in [0.3, 0.4) is 0 Å². The van der Waals surface area contributed by atoms with E-state index in [2.05, 4.69) is 29.2 Å². The zero-order valence-electron chi connectivity index (χ0n) is 7.96. The molecule has 1 saturated carbocycles. The molecule has 1 aromatic heterocycles. The van der Waals surface area contributed by atoms with Gasteiger partial charge in [0.15, 0.2) is 0 Å². The summed E-state index contributed by atoms with van der Waals surface area (Å²) in [6.07, 6.45) is 4.66. The SMILES string of the molecule is OC1(Cc2ccc3[nH]ccc3c2)CC1. The van der Waals surface area contributed by atoms with Gasteiger partial charge in [-0.1, -0.05) is 6.07 Å². The summed E-state index contributed by atoms with van der Waals surface area (Å²) in [4.78, 5) is 3.16. The molecule has 1 fully saturated rings. The van der Waals surface area contributed by atoms with Crippen LogP contribution >= 0.6 is 0 Å². The lowest BCUT2D eigenvalue weighted by Gasteiger charge is -2.06. The van der Waals surface area contributed by atoms with E-state index >= 15 is 0 Å². The van der Waals surface area contributed by atoms with E-state index in [0.717, 1.165) is 24.8 Å². The molecule has 0 atom stereocenters. The first-order valence-corrected chi connectivity index (χ1v) is 5.04. The van der Waals surface area contributed by atoms with Crippen molar-refractivity contribution < 1.29 is 5.11 Å². The Hall–Kier alpha value is -1.28. The van der Waals surface area contributed by atoms with Crippen molar-refractivity contribution in [3.8, 4) is 0 Å². The maximum atomic E-state index is 9.80. The van der Waals surface area contributed by atoms with E-state index < -0.39 is 0 Å². The van der Waals surface area contributed by atoms with Gasteiger partial charge in [-0.3, -0.25) is 0 Å².